The molecule has 1 aromatic heterocycles. The second kappa shape index (κ2) is 6.64. The Morgan fingerprint density at radius 1 is 1.04 bits per heavy atom. The van der Waals surface area contributed by atoms with Gasteiger partial charge >= 0.3 is 5.16 Å². The Hall–Kier alpha value is -2.64. The zero-order chi connectivity index (χ0) is 16.2. The summed E-state index contributed by atoms with van der Waals surface area (Å²) < 4.78 is 1.96. The van der Waals surface area contributed by atoms with E-state index in [1.807, 2.05) is 47.4 Å². The standard InChI is InChI=1S/C19H16N3S/c1-14-7-9-15(10-8-14)17-11-12-22(19(21-17)23-2)18-6-4-3-5-16(18)13-20/h3-12H,1-2H3/q+1. The van der Waals surface area contributed by atoms with Crippen LogP contribution >= 0.6 is 11.8 Å². The van der Waals surface area contributed by atoms with E-state index in [1.165, 1.54) is 5.56 Å². The smallest absolute Gasteiger partial charge is 0.192 e. The van der Waals surface area contributed by atoms with Gasteiger partial charge in [-0.2, -0.15) is 9.83 Å². The van der Waals surface area contributed by atoms with Crippen molar-refractivity contribution in [2.45, 2.75) is 12.1 Å². The van der Waals surface area contributed by atoms with Crippen molar-refractivity contribution in [3.8, 4) is 23.0 Å². The fourth-order valence-electron chi connectivity index (χ4n) is 2.39. The van der Waals surface area contributed by atoms with E-state index in [2.05, 4.69) is 37.3 Å². The van der Waals surface area contributed by atoms with Crippen LogP contribution in [-0.2, 0) is 0 Å². The minimum atomic E-state index is 0.637. The lowest BCUT2D eigenvalue weighted by Gasteiger charge is -2.05. The van der Waals surface area contributed by atoms with Crippen LogP contribution in [-0.4, -0.2) is 11.2 Å². The molecular weight excluding hydrogens is 302 g/mol. The largest absolute Gasteiger partial charge is 0.364 e. The average Bonchev–Trinajstić information content (AvgIpc) is 2.62. The normalized spacial score (nSPS) is 10.3. The van der Waals surface area contributed by atoms with Crippen LogP contribution in [0.1, 0.15) is 11.1 Å². The number of thioether (sulfide) groups is 1. The van der Waals surface area contributed by atoms with Crippen molar-refractivity contribution in [3.63, 3.8) is 0 Å². The summed E-state index contributed by atoms with van der Waals surface area (Å²) in [5.41, 5.74) is 4.74. The Morgan fingerprint density at radius 3 is 2.48 bits per heavy atom. The summed E-state index contributed by atoms with van der Waals surface area (Å²) in [6.07, 6.45) is 3.97. The van der Waals surface area contributed by atoms with Gasteiger partial charge in [-0.15, -0.1) is 0 Å². The third kappa shape index (κ3) is 3.10. The molecule has 0 N–H and O–H groups in total. The van der Waals surface area contributed by atoms with Crippen molar-refractivity contribution in [1.29, 1.82) is 5.26 Å². The van der Waals surface area contributed by atoms with E-state index >= 15 is 0 Å². The van der Waals surface area contributed by atoms with Gasteiger partial charge in [0.25, 0.3) is 0 Å². The highest BCUT2D eigenvalue weighted by atomic mass is 32.2. The summed E-state index contributed by atoms with van der Waals surface area (Å²) in [6, 6.07) is 20.1. The molecule has 0 fully saturated rings. The first-order valence-electron chi connectivity index (χ1n) is 7.26. The van der Waals surface area contributed by atoms with E-state index in [9.17, 15) is 5.26 Å². The van der Waals surface area contributed by atoms with Crippen LogP contribution in [0, 0.1) is 18.3 Å². The van der Waals surface area contributed by atoms with Crippen molar-refractivity contribution in [2.24, 2.45) is 0 Å². The van der Waals surface area contributed by atoms with Crippen molar-refractivity contribution in [2.75, 3.05) is 6.26 Å². The van der Waals surface area contributed by atoms with Gasteiger partial charge in [0.2, 0.25) is 0 Å². The van der Waals surface area contributed by atoms with Crippen LogP contribution in [0.3, 0.4) is 0 Å². The maximum Gasteiger partial charge on any atom is 0.364 e. The quantitative estimate of drug-likeness (QED) is 0.417. The number of para-hydroxylation sites is 1. The van der Waals surface area contributed by atoms with Gasteiger partial charge in [-0.1, -0.05) is 42.0 Å². The maximum atomic E-state index is 9.31. The molecule has 0 unspecified atom stereocenters. The van der Waals surface area contributed by atoms with Gasteiger partial charge < -0.3 is 0 Å². The van der Waals surface area contributed by atoms with Gasteiger partial charge in [-0.05, 0) is 42.1 Å². The van der Waals surface area contributed by atoms with Gasteiger partial charge in [0.1, 0.15) is 12.3 Å². The number of benzene rings is 2. The molecule has 112 valence electrons. The third-order valence-electron chi connectivity index (χ3n) is 3.62. The summed E-state index contributed by atoms with van der Waals surface area (Å²) in [5, 5.41) is 10.2. The summed E-state index contributed by atoms with van der Waals surface area (Å²) in [5.74, 6) is 0. The molecular formula is C19H16N3S+. The minimum Gasteiger partial charge on any atom is -0.192 e. The van der Waals surface area contributed by atoms with E-state index < -0.39 is 0 Å². The van der Waals surface area contributed by atoms with Gasteiger partial charge in [0, 0.05) is 11.6 Å². The van der Waals surface area contributed by atoms with Gasteiger partial charge in [-0.25, -0.2) is 0 Å². The Labute approximate surface area is 140 Å². The van der Waals surface area contributed by atoms with E-state index in [0.717, 1.165) is 22.1 Å². The number of aryl methyl sites for hydroxylation is 1. The van der Waals surface area contributed by atoms with Gasteiger partial charge in [-0.3, -0.25) is 0 Å². The van der Waals surface area contributed by atoms with E-state index in [4.69, 9.17) is 4.98 Å². The van der Waals surface area contributed by atoms with Crippen molar-refractivity contribution in [3.05, 3.63) is 71.9 Å². The monoisotopic (exact) mass is 318 g/mol. The van der Waals surface area contributed by atoms with Gasteiger partial charge in [0.15, 0.2) is 11.4 Å². The number of rotatable bonds is 3. The predicted molar refractivity (Wildman–Crippen MR) is 92.4 cm³/mol. The lowest BCUT2D eigenvalue weighted by Crippen LogP contribution is -2.35. The fraction of sp³-hybridized carbons (Fsp3) is 0.105. The van der Waals surface area contributed by atoms with Crippen LogP contribution in [0.5, 0.6) is 0 Å². The zero-order valence-corrected chi connectivity index (χ0v) is 13.8. The summed E-state index contributed by atoms with van der Waals surface area (Å²) in [4.78, 5) is 4.76. The molecule has 3 aromatic rings. The van der Waals surface area contributed by atoms with Crippen LogP contribution in [0.4, 0.5) is 0 Å². The Kier molecular flexibility index (Phi) is 4.40. The van der Waals surface area contributed by atoms with Gasteiger partial charge in [0.05, 0.1) is 5.56 Å². The average molecular weight is 318 g/mol. The molecule has 0 atom stereocenters. The van der Waals surface area contributed by atoms with Crippen molar-refractivity contribution < 1.29 is 4.57 Å². The number of nitrogens with zero attached hydrogens (tertiary/aromatic N) is 3. The lowest BCUT2D eigenvalue weighted by atomic mass is 10.1. The second-order valence-corrected chi connectivity index (χ2v) is 5.94. The van der Waals surface area contributed by atoms with Crippen LogP contribution in [0.2, 0.25) is 0 Å². The van der Waals surface area contributed by atoms with Crippen molar-refractivity contribution >= 4 is 11.8 Å². The topological polar surface area (TPSA) is 40.6 Å². The number of hydrogen-bond donors (Lipinski definition) is 0. The highest BCUT2D eigenvalue weighted by Gasteiger charge is 2.19. The highest BCUT2D eigenvalue weighted by molar-refractivity contribution is 7.98. The molecule has 3 rings (SSSR count). The molecule has 0 aliphatic rings. The summed E-state index contributed by atoms with van der Waals surface area (Å²) in [7, 11) is 0. The molecule has 0 saturated carbocycles. The number of nitriles is 1. The van der Waals surface area contributed by atoms with E-state index in [1.54, 1.807) is 11.8 Å². The van der Waals surface area contributed by atoms with E-state index in [0.29, 0.717) is 5.56 Å². The van der Waals surface area contributed by atoms with E-state index in [-0.39, 0.29) is 0 Å². The second-order valence-electron chi connectivity index (χ2n) is 5.16. The van der Waals surface area contributed by atoms with Crippen LogP contribution in [0.15, 0.2) is 66.0 Å². The predicted octanol–water partition coefficient (Wildman–Crippen LogP) is 3.93. The minimum absolute atomic E-state index is 0.637. The molecule has 0 radical (unpaired) electrons. The molecule has 0 bridgehead atoms. The molecule has 0 amide bonds. The molecule has 0 aliphatic carbocycles. The summed E-state index contributed by atoms with van der Waals surface area (Å²) >= 11 is 1.56. The Balaban J connectivity index is 2.11. The molecule has 0 spiro atoms. The molecule has 1 heterocycles. The molecule has 0 aliphatic heterocycles. The lowest BCUT2D eigenvalue weighted by molar-refractivity contribution is -0.641. The first kappa shape index (κ1) is 15.3. The molecule has 0 saturated heterocycles. The first-order valence-corrected chi connectivity index (χ1v) is 8.48. The number of aromatic nitrogens is 2. The maximum absolute atomic E-state index is 9.31. The first-order chi connectivity index (χ1) is 11.2. The summed E-state index contributed by atoms with van der Waals surface area (Å²) in [6.45, 7) is 2.07. The Morgan fingerprint density at radius 2 is 1.78 bits per heavy atom. The van der Waals surface area contributed by atoms with Crippen LogP contribution < -0.4 is 4.57 Å². The number of hydrogen-bond acceptors (Lipinski definition) is 3. The SMILES string of the molecule is CSc1nc(-c2ccc(C)cc2)cc[n+]1-c1ccccc1C#N. The molecule has 3 nitrogen and oxygen atoms in total. The zero-order valence-electron chi connectivity index (χ0n) is 13.0. The van der Waals surface area contributed by atoms with Crippen LogP contribution in [0.25, 0.3) is 16.9 Å². The molecule has 2 aromatic carbocycles. The molecule has 23 heavy (non-hydrogen) atoms. The fourth-order valence-corrected chi connectivity index (χ4v) is 2.94. The molecule has 4 heteroatoms. The Bertz CT molecular complexity index is 880. The third-order valence-corrected chi connectivity index (χ3v) is 4.27. The van der Waals surface area contributed by atoms with Crippen molar-refractivity contribution in [1.82, 2.24) is 4.98 Å². The highest BCUT2D eigenvalue weighted by Crippen LogP contribution is 2.20.